The number of anilines is 2. The largest absolute Gasteiger partial charge is 0.459 e. The molecule has 3 amide bonds. The van der Waals surface area contributed by atoms with E-state index in [0.717, 1.165) is 19.3 Å². The molecule has 2 N–H and O–H groups in total. The van der Waals surface area contributed by atoms with Crippen molar-refractivity contribution in [2.24, 2.45) is 0 Å². The first-order chi connectivity index (χ1) is 13.7. The molecule has 0 unspecified atom stereocenters. The van der Waals surface area contributed by atoms with E-state index < -0.39 is 0 Å². The van der Waals surface area contributed by atoms with Crippen molar-refractivity contribution in [3.63, 3.8) is 0 Å². The second-order valence-electron chi connectivity index (χ2n) is 6.81. The van der Waals surface area contributed by atoms with Gasteiger partial charge in [0.1, 0.15) is 0 Å². The van der Waals surface area contributed by atoms with Gasteiger partial charge in [0, 0.05) is 17.9 Å². The molecule has 28 heavy (non-hydrogen) atoms. The fourth-order valence-corrected chi connectivity index (χ4v) is 3.56. The van der Waals surface area contributed by atoms with Crippen molar-refractivity contribution in [2.45, 2.75) is 31.6 Å². The Bertz CT molecular complexity index is 817. The van der Waals surface area contributed by atoms with Crippen LogP contribution in [0.25, 0.3) is 0 Å². The van der Waals surface area contributed by atoms with Gasteiger partial charge in [0.25, 0.3) is 5.91 Å². The van der Waals surface area contributed by atoms with Crippen LogP contribution in [0, 0.1) is 0 Å². The molecule has 4 rings (SSSR count). The molecule has 2 fully saturated rings. The number of urea groups is 1. The van der Waals surface area contributed by atoms with Gasteiger partial charge in [0.05, 0.1) is 25.5 Å². The van der Waals surface area contributed by atoms with Crippen molar-refractivity contribution < 1.29 is 23.5 Å². The van der Waals surface area contributed by atoms with E-state index in [1.165, 1.54) is 6.26 Å². The van der Waals surface area contributed by atoms with E-state index in [1.807, 2.05) is 0 Å². The minimum Gasteiger partial charge on any atom is -0.459 e. The van der Waals surface area contributed by atoms with Gasteiger partial charge < -0.3 is 29.4 Å². The zero-order chi connectivity index (χ0) is 19.3. The van der Waals surface area contributed by atoms with E-state index in [9.17, 15) is 9.59 Å². The Morgan fingerprint density at radius 3 is 2.54 bits per heavy atom. The normalized spacial score (nSPS) is 20.1. The Kier molecular flexibility index (Phi) is 5.59. The van der Waals surface area contributed by atoms with Gasteiger partial charge in [-0.1, -0.05) is 6.07 Å². The van der Waals surface area contributed by atoms with Crippen molar-refractivity contribution >= 4 is 23.3 Å². The quantitative estimate of drug-likeness (QED) is 0.842. The number of piperidine rings is 1. The van der Waals surface area contributed by atoms with Crippen molar-refractivity contribution in [1.29, 1.82) is 0 Å². The number of carbonyl (C=O) groups excluding carboxylic acids is 2. The van der Waals surface area contributed by atoms with Crippen LogP contribution in [0.3, 0.4) is 0 Å². The molecule has 0 radical (unpaired) electrons. The number of benzene rings is 1. The molecule has 2 saturated heterocycles. The van der Waals surface area contributed by atoms with Crippen LogP contribution in [-0.4, -0.2) is 48.9 Å². The van der Waals surface area contributed by atoms with Crippen molar-refractivity contribution in [1.82, 2.24) is 4.90 Å². The molecule has 2 aromatic rings. The molecule has 0 bridgehead atoms. The lowest BCUT2D eigenvalue weighted by molar-refractivity contribution is -0.0973. The van der Waals surface area contributed by atoms with Crippen LogP contribution in [0.4, 0.5) is 16.2 Å². The minimum atomic E-state index is -0.357. The van der Waals surface area contributed by atoms with Crippen LogP contribution in [0.5, 0.6) is 0 Å². The lowest BCUT2D eigenvalue weighted by atomic mass is 10.0. The van der Waals surface area contributed by atoms with E-state index in [-0.39, 0.29) is 30.0 Å². The van der Waals surface area contributed by atoms with Crippen LogP contribution in [0.1, 0.15) is 29.8 Å². The lowest BCUT2D eigenvalue weighted by Crippen LogP contribution is -2.51. The number of rotatable bonds is 4. The van der Waals surface area contributed by atoms with E-state index in [0.29, 0.717) is 31.1 Å². The van der Waals surface area contributed by atoms with E-state index >= 15 is 0 Å². The summed E-state index contributed by atoms with van der Waals surface area (Å²) in [5.74, 6) is -0.123. The standard InChI is InChI=1S/C20H23N3O5/c24-18(17-8-4-10-26-17)21-14-5-3-6-15(13-14)22-20(25)23-9-2-1-7-16(23)19-27-11-12-28-19/h3-6,8,10,13,16,19H,1-2,7,9,11-12H2,(H,21,24)(H,22,25)/t16-/m1/s1. The van der Waals surface area contributed by atoms with Gasteiger partial charge in [-0.05, 0) is 49.6 Å². The number of nitrogens with one attached hydrogen (secondary N) is 2. The molecule has 8 heteroatoms. The maximum absolute atomic E-state index is 12.9. The Labute approximate surface area is 162 Å². The molecular formula is C20H23N3O5. The second kappa shape index (κ2) is 8.45. The molecule has 3 heterocycles. The third-order valence-electron chi connectivity index (χ3n) is 4.89. The molecule has 2 aliphatic heterocycles. The highest BCUT2D eigenvalue weighted by Crippen LogP contribution is 2.25. The SMILES string of the molecule is O=C(Nc1cccc(NC(=O)N2CCCC[C@@H]2C2OCCO2)c1)c1ccco1. The molecule has 1 atom stereocenters. The van der Waals surface area contributed by atoms with E-state index in [1.54, 1.807) is 41.3 Å². The minimum absolute atomic E-state index is 0.0851. The first kappa shape index (κ1) is 18.5. The fraction of sp³-hybridized carbons (Fsp3) is 0.400. The van der Waals surface area contributed by atoms with Crippen LogP contribution >= 0.6 is 0 Å². The third kappa shape index (κ3) is 4.18. The number of nitrogens with zero attached hydrogens (tertiary/aromatic N) is 1. The van der Waals surface area contributed by atoms with Gasteiger partial charge >= 0.3 is 6.03 Å². The summed E-state index contributed by atoms with van der Waals surface area (Å²) in [6.07, 6.45) is 3.95. The first-order valence-corrected chi connectivity index (χ1v) is 9.46. The maximum Gasteiger partial charge on any atom is 0.322 e. The summed E-state index contributed by atoms with van der Waals surface area (Å²) in [6.45, 7) is 1.79. The van der Waals surface area contributed by atoms with E-state index in [4.69, 9.17) is 13.9 Å². The van der Waals surface area contributed by atoms with Crippen LogP contribution in [0.2, 0.25) is 0 Å². The number of ether oxygens (including phenoxy) is 2. The van der Waals surface area contributed by atoms with Crippen LogP contribution < -0.4 is 10.6 Å². The average molecular weight is 385 g/mol. The first-order valence-electron chi connectivity index (χ1n) is 9.46. The average Bonchev–Trinajstić information content (AvgIpc) is 3.42. The summed E-state index contributed by atoms with van der Waals surface area (Å²) in [6, 6.07) is 9.96. The Morgan fingerprint density at radius 1 is 1.00 bits per heavy atom. The van der Waals surface area contributed by atoms with Gasteiger partial charge in [-0.25, -0.2) is 4.79 Å². The highest BCUT2D eigenvalue weighted by Gasteiger charge is 2.36. The lowest BCUT2D eigenvalue weighted by Gasteiger charge is -2.37. The summed E-state index contributed by atoms with van der Waals surface area (Å²) in [5, 5.41) is 5.67. The second-order valence-corrected chi connectivity index (χ2v) is 6.81. The zero-order valence-electron chi connectivity index (χ0n) is 15.4. The Balaban J connectivity index is 1.41. The Morgan fingerprint density at radius 2 is 1.79 bits per heavy atom. The Hall–Kier alpha value is -2.84. The maximum atomic E-state index is 12.9. The third-order valence-corrected chi connectivity index (χ3v) is 4.89. The zero-order valence-corrected chi connectivity index (χ0v) is 15.4. The topological polar surface area (TPSA) is 93.0 Å². The predicted octanol–water partition coefficient (Wildman–Crippen LogP) is 3.29. The molecule has 8 nitrogen and oxygen atoms in total. The fourth-order valence-electron chi connectivity index (χ4n) is 3.56. The smallest absolute Gasteiger partial charge is 0.322 e. The van der Waals surface area contributed by atoms with Gasteiger partial charge in [-0.15, -0.1) is 0 Å². The molecular weight excluding hydrogens is 362 g/mol. The summed E-state index contributed by atoms with van der Waals surface area (Å²) < 4.78 is 16.3. The molecule has 1 aromatic carbocycles. The highest BCUT2D eigenvalue weighted by atomic mass is 16.7. The summed E-state index contributed by atoms with van der Waals surface area (Å²) >= 11 is 0. The predicted molar refractivity (Wildman–Crippen MR) is 102 cm³/mol. The highest BCUT2D eigenvalue weighted by molar-refractivity contribution is 6.02. The van der Waals surface area contributed by atoms with Gasteiger partial charge in [-0.2, -0.15) is 0 Å². The summed E-state index contributed by atoms with van der Waals surface area (Å²) in [4.78, 5) is 26.8. The van der Waals surface area contributed by atoms with Crippen molar-refractivity contribution in [3.05, 3.63) is 48.4 Å². The summed E-state index contributed by atoms with van der Waals surface area (Å²) in [5.41, 5.74) is 1.16. The number of likely N-dealkylation sites (tertiary alicyclic amines) is 1. The molecule has 0 aliphatic carbocycles. The number of hydrogen-bond acceptors (Lipinski definition) is 5. The molecule has 148 valence electrons. The molecule has 2 aliphatic rings. The molecule has 1 aromatic heterocycles. The number of amides is 3. The van der Waals surface area contributed by atoms with Gasteiger partial charge in [0.15, 0.2) is 12.1 Å². The van der Waals surface area contributed by atoms with E-state index in [2.05, 4.69) is 10.6 Å². The number of hydrogen-bond donors (Lipinski definition) is 2. The molecule has 0 saturated carbocycles. The van der Waals surface area contributed by atoms with Gasteiger partial charge in [0.2, 0.25) is 0 Å². The summed E-state index contributed by atoms with van der Waals surface area (Å²) in [7, 11) is 0. The van der Waals surface area contributed by atoms with Gasteiger partial charge in [-0.3, -0.25) is 4.79 Å². The number of carbonyl (C=O) groups is 2. The van der Waals surface area contributed by atoms with Crippen molar-refractivity contribution in [2.75, 3.05) is 30.4 Å². The molecule has 0 spiro atoms. The number of furan rings is 1. The monoisotopic (exact) mass is 385 g/mol. The van der Waals surface area contributed by atoms with Crippen LogP contribution in [-0.2, 0) is 9.47 Å². The van der Waals surface area contributed by atoms with Crippen molar-refractivity contribution in [3.8, 4) is 0 Å². The van der Waals surface area contributed by atoms with Crippen LogP contribution in [0.15, 0.2) is 47.1 Å².